The lowest BCUT2D eigenvalue weighted by Crippen LogP contribution is -2.17. The van der Waals surface area contributed by atoms with Crippen molar-refractivity contribution in [3.8, 4) is 0 Å². The molecule has 0 atom stereocenters. The Morgan fingerprint density at radius 1 is 1.29 bits per heavy atom. The maximum Gasteiger partial charge on any atom is 0.263 e. The minimum Gasteiger partial charge on any atom is -0.366 e. The van der Waals surface area contributed by atoms with Gasteiger partial charge in [-0.1, -0.05) is 15.9 Å². The van der Waals surface area contributed by atoms with Gasteiger partial charge in [0, 0.05) is 8.95 Å². The number of amides is 1. The highest BCUT2D eigenvalue weighted by atomic mass is 79.9. The number of nitrogens with one attached hydrogen (secondary N) is 1. The van der Waals surface area contributed by atoms with Gasteiger partial charge in [-0.2, -0.15) is 0 Å². The molecule has 0 aliphatic carbocycles. The number of aryl methyl sites for hydroxylation is 1. The molecule has 112 valence electrons. The summed E-state index contributed by atoms with van der Waals surface area (Å²) in [5.41, 5.74) is 6.25. The van der Waals surface area contributed by atoms with Crippen LogP contribution < -0.4 is 10.5 Å². The van der Waals surface area contributed by atoms with Crippen LogP contribution in [0.2, 0.25) is 0 Å². The second-order valence-corrected chi connectivity index (χ2v) is 8.44. The number of sulfonamides is 1. The van der Waals surface area contributed by atoms with Crippen LogP contribution in [0.3, 0.4) is 0 Å². The molecule has 1 aromatic heterocycles. The molecule has 0 fully saturated rings. The van der Waals surface area contributed by atoms with Gasteiger partial charge in [-0.05, 0) is 52.0 Å². The molecule has 2 aromatic rings. The van der Waals surface area contributed by atoms with E-state index < -0.39 is 15.9 Å². The average molecular weight is 454 g/mol. The summed E-state index contributed by atoms with van der Waals surface area (Å²) >= 11 is 7.64. The van der Waals surface area contributed by atoms with E-state index in [1.807, 2.05) is 6.92 Å². The Hall–Kier alpha value is -0.900. The maximum absolute atomic E-state index is 12.5. The molecule has 0 unspecified atom stereocenters. The fourth-order valence-electron chi connectivity index (χ4n) is 1.59. The summed E-state index contributed by atoms with van der Waals surface area (Å²) in [5.74, 6) is -0.682. The van der Waals surface area contributed by atoms with E-state index in [1.54, 1.807) is 11.4 Å². The molecule has 0 spiro atoms. The van der Waals surface area contributed by atoms with Crippen LogP contribution in [-0.4, -0.2) is 14.3 Å². The van der Waals surface area contributed by atoms with E-state index in [0.717, 1.165) is 16.9 Å². The number of carbonyl (C=O) groups excluding carboxylic acids is 1. The quantitative estimate of drug-likeness (QED) is 0.742. The van der Waals surface area contributed by atoms with Crippen LogP contribution in [-0.2, 0) is 10.0 Å². The van der Waals surface area contributed by atoms with Crippen molar-refractivity contribution in [2.75, 3.05) is 4.72 Å². The van der Waals surface area contributed by atoms with Gasteiger partial charge in [0.15, 0.2) is 0 Å². The maximum atomic E-state index is 12.5. The largest absolute Gasteiger partial charge is 0.366 e. The van der Waals surface area contributed by atoms with Gasteiger partial charge in [0.1, 0.15) is 9.90 Å². The Bertz CT molecular complexity index is 816. The first kappa shape index (κ1) is 16.5. The van der Waals surface area contributed by atoms with E-state index in [0.29, 0.717) is 8.95 Å². The third-order valence-electron chi connectivity index (χ3n) is 2.66. The van der Waals surface area contributed by atoms with Crippen molar-refractivity contribution in [2.24, 2.45) is 5.73 Å². The van der Waals surface area contributed by atoms with E-state index in [2.05, 4.69) is 36.6 Å². The summed E-state index contributed by atoms with van der Waals surface area (Å²) in [6, 6.07) is 4.67. The monoisotopic (exact) mass is 452 g/mol. The number of thiophene rings is 1. The summed E-state index contributed by atoms with van der Waals surface area (Å²) in [4.78, 5) is 11.3. The highest BCUT2D eigenvalue weighted by Crippen LogP contribution is 2.32. The zero-order chi connectivity index (χ0) is 15.8. The molecule has 9 heteroatoms. The van der Waals surface area contributed by atoms with Crippen molar-refractivity contribution in [2.45, 2.75) is 11.8 Å². The minimum atomic E-state index is -3.83. The van der Waals surface area contributed by atoms with Gasteiger partial charge in [0.25, 0.3) is 15.9 Å². The van der Waals surface area contributed by atoms with E-state index in [1.165, 1.54) is 12.1 Å². The molecule has 0 aliphatic rings. The first-order chi connectivity index (χ1) is 9.72. The number of carbonyl (C=O) groups is 1. The molecule has 3 N–H and O–H groups in total. The van der Waals surface area contributed by atoms with Crippen molar-refractivity contribution in [1.29, 1.82) is 0 Å². The molecule has 0 aliphatic heterocycles. The molecule has 0 saturated carbocycles. The molecule has 0 bridgehead atoms. The molecule has 1 aromatic carbocycles. The SMILES string of the molecule is Cc1cc(Br)c(S(=O)(=O)Nc2sccc2C(N)=O)cc1Br. The first-order valence-electron chi connectivity index (χ1n) is 5.58. The third-order valence-corrected chi connectivity index (χ3v) is 6.78. The predicted molar refractivity (Wildman–Crippen MR) is 90.2 cm³/mol. The number of primary amides is 1. The summed E-state index contributed by atoms with van der Waals surface area (Å²) < 4.78 is 28.4. The molecular weight excluding hydrogens is 444 g/mol. The molecular formula is C12H10Br2N2O3S2. The number of benzene rings is 1. The first-order valence-corrected chi connectivity index (χ1v) is 9.53. The summed E-state index contributed by atoms with van der Waals surface area (Å²) in [7, 11) is -3.83. The van der Waals surface area contributed by atoms with E-state index in [-0.39, 0.29) is 15.5 Å². The van der Waals surface area contributed by atoms with Crippen LogP contribution in [0.25, 0.3) is 0 Å². The van der Waals surface area contributed by atoms with Gasteiger partial charge in [-0.25, -0.2) is 8.42 Å². The Morgan fingerprint density at radius 2 is 1.95 bits per heavy atom. The summed E-state index contributed by atoms with van der Waals surface area (Å²) in [6.45, 7) is 1.85. The van der Waals surface area contributed by atoms with Crippen molar-refractivity contribution in [3.63, 3.8) is 0 Å². The summed E-state index contributed by atoms with van der Waals surface area (Å²) in [5, 5.41) is 1.80. The fraction of sp³-hybridized carbons (Fsp3) is 0.0833. The molecule has 0 saturated heterocycles. The lowest BCUT2D eigenvalue weighted by molar-refractivity contribution is 0.100. The van der Waals surface area contributed by atoms with Gasteiger partial charge < -0.3 is 5.73 Å². The van der Waals surface area contributed by atoms with E-state index in [9.17, 15) is 13.2 Å². The van der Waals surface area contributed by atoms with Crippen LogP contribution in [0.5, 0.6) is 0 Å². The van der Waals surface area contributed by atoms with E-state index >= 15 is 0 Å². The van der Waals surface area contributed by atoms with Gasteiger partial charge >= 0.3 is 0 Å². The average Bonchev–Trinajstić information content (AvgIpc) is 2.81. The van der Waals surface area contributed by atoms with Gasteiger partial charge in [0.2, 0.25) is 0 Å². The Kier molecular flexibility index (Phi) is 4.76. The van der Waals surface area contributed by atoms with Crippen LogP contribution in [0.1, 0.15) is 15.9 Å². The Balaban J connectivity index is 2.46. The molecule has 1 heterocycles. The molecule has 1 amide bonds. The molecule has 5 nitrogen and oxygen atoms in total. The van der Waals surface area contributed by atoms with Gasteiger partial charge in [-0.15, -0.1) is 11.3 Å². The number of hydrogen-bond donors (Lipinski definition) is 2. The van der Waals surface area contributed by atoms with Gasteiger partial charge in [-0.3, -0.25) is 9.52 Å². The van der Waals surface area contributed by atoms with Crippen molar-refractivity contribution >= 4 is 64.1 Å². The second kappa shape index (κ2) is 6.07. The predicted octanol–water partition coefficient (Wildman–Crippen LogP) is 3.48. The van der Waals surface area contributed by atoms with Crippen LogP contribution in [0.15, 0.2) is 37.4 Å². The zero-order valence-electron chi connectivity index (χ0n) is 10.7. The number of halogens is 2. The molecule has 2 rings (SSSR count). The number of rotatable bonds is 4. The third kappa shape index (κ3) is 3.47. The highest BCUT2D eigenvalue weighted by molar-refractivity contribution is 9.11. The van der Waals surface area contributed by atoms with Crippen molar-refractivity contribution in [3.05, 3.63) is 43.7 Å². The summed E-state index contributed by atoms with van der Waals surface area (Å²) in [6.07, 6.45) is 0. The smallest absolute Gasteiger partial charge is 0.263 e. The number of nitrogens with two attached hydrogens (primary N) is 1. The minimum absolute atomic E-state index is 0.0730. The van der Waals surface area contributed by atoms with Crippen molar-refractivity contribution in [1.82, 2.24) is 0 Å². The number of hydrogen-bond acceptors (Lipinski definition) is 4. The van der Waals surface area contributed by atoms with E-state index in [4.69, 9.17) is 5.73 Å². The van der Waals surface area contributed by atoms with Crippen LogP contribution in [0, 0.1) is 6.92 Å². The lowest BCUT2D eigenvalue weighted by atomic mass is 10.2. The zero-order valence-corrected chi connectivity index (χ0v) is 15.5. The normalized spacial score (nSPS) is 11.4. The van der Waals surface area contributed by atoms with Crippen LogP contribution in [0.4, 0.5) is 5.00 Å². The second-order valence-electron chi connectivity index (χ2n) is 4.16. The molecule has 0 radical (unpaired) electrons. The Morgan fingerprint density at radius 3 is 2.57 bits per heavy atom. The van der Waals surface area contributed by atoms with Crippen molar-refractivity contribution < 1.29 is 13.2 Å². The van der Waals surface area contributed by atoms with Gasteiger partial charge in [0.05, 0.1) is 5.56 Å². The molecule has 21 heavy (non-hydrogen) atoms. The Labute approximate surface area is 142 Å². The lowest BCUT2D eigenvalue weighted by Gasteiger charge is -2.11. The number of anilines is 1. The standard InChI is InChI=1S/C12H10Br2N2O3S2/c1-6-4-9(14)10(5-8(6)13)21(18,19)16-12-7(11(15)17)2-3-20-12/h2-5,16H,1H3,(H2,15,17). The topological polar surface area (TPSA) is 89.3 Å². The van der Waals surface area contributed by atoms with Crippen LogP contribution >= 0.6 is 43.2 Å². The highest BCUT2D eigenvalue weighted by Gasteiger charge is 2.22. The fourth-order valence-corrected chi connectivity index (χ4v) is 5.40.